The lowest BCUT2D eigenvalue weighted by molar-refractivity contribution is 0.0988. The SMILES string of the molecule is Cc1ccc(Nc2cc(C(=O)N(C)c3ccccc3)ncn2)cc1Br. The zero-order chi connectivity index (χ0) is 17.8. The van der Waals surface area contributed by atoms with Crippen LogP contribution in [0.25, 0.3) is 0 Å². The molecule has 3 aromatic rings. The van der Waals surface area contributed by atoms with Crippen LogP contribution in [-0.2, 0) is 0 Å². The lowest BCUT2D eigenvalue weighted by Gasteiger charge is -2.17. The van der Waals surface area contributed by atoms with Gasteiger partial charge in [0, 0.05) is 29.0 Å². The first kappa shape index (κ1) is 17.1. The molecule has 0 aliphatic rings. The molecule has 6 heteroatoms. The number of hydrogen-bond acceptors (Lipinski definition) is 4. The van der Waals surface area contributed by atoms with Crippen molar-refractivity contribution in [1.82, 2.24) is 9.97 Å². The summed E-state index contributed by atoms with van der Waals surface area (Å²) in [5.74, 6) is 0.373. The van der Waals surface area contributed by atoms with Crippen LogP contribution in [0.2, 0.25) is 0 Å². The summed E-state index contributed by atoms with van der Waals surface area (Å²) in [5, 5.41) is 3.19. The van der Waals surface area contributed by atoms with Gasteiger partial charge in [0.25, 0.3) is 5.91 Å². The Kier molecular flexibility index (Phi) is 5.09. The number of aryl methyl sites for hydroxylation is 1. The summed E-state index contributed by atoms with van der Waals surface area (Å²) in [6, 6.07) is 17.0. The summed E-state index contributed by atoms with van der Waals surface area (Å²) < 4.78 is 1.01. The van der Waals surface area contributed by atoms with Gasteiger partial charge in [0.15, 0.2) is 0 Å². The van der Waals surface area contributed by atoms with Gasteiger partial charge in [-0.15, -0.1) is 0 Å². The Labute approximate surface area is 154 Å². The molecule has 0 saturated carbocycles. The molecule has 0 atom stereocenters. The van der Waals surface area contributed by atoms with Crippen LogP contribution in [0, 0.1) is 6.92 Å². The van der Waals surface area contributed by atoms with Gasteiger partial charge >= 0.3 is 0 Å². The van der Waals surface area contributed by atoms with E-state index in [4.69, 9.17) is 0 Å². The van der Waals surface area contributed by atoms with E-state index in [1.54, 1.807) is 18.0 Å². The summed E-state index contributed by atoms with van der Waals surface area (Å²) in [6.07, 6.45) is 1.39. The van der Waals surface area contributed by atoms with E-state index < -0.39 is 0 Å². The van der Waals surface area contributed by atoms with Crippen molar-refractivity contribution in [3.05, 3.63) is 76.7 Å². The Morgan fingerprint density at radius 3 is 2.56 bits per heavy atom. The summed E-state index contributed by atoms with van der Waals surface area (Å²) in [6.45, 7) is 2.02. The fourth-order valence-electron chi connectivity index (χ4n) is 2.30. The van der Waals surface area contributed by atoms with Gasteiger partial charge in [0.1, 0.15) is 17.8 Å². The van der Waals surface area contributed by atoms with Gasteiger partial charge in [0.2, 0.25) is 0 Å². The molecule has 0 saturated heterocycles. The molecule has 0 spiro atoms. The number of benzene rings is 2. The fraction of sp³-hybridized carbons (Fsp3) is 0.105. The number of aromatic nitrogens is 2. The monoisotopic (exact) mass is 396 g/mol. The summed E-state index contributed by atoms with van der Waals surface area (Å²) >= 11 is 3.51. The van der Waals surface area contributed by atoms with E-state index in [0.717, 1.165) is 21.4 Å². The second-order valence-corrected chi connectivity index (χ2v) is 6.43. The number of para-hydroxylation sites is 1. The maximum Gasteiger partial charge on any atom is 0.276 e. The van der Waals surface area contributed by atoms with E-state index in [-0.39, 0.29) is 5.91 Å². The average molecular weight is 397 g/mol. The third kappa shape index (κ3) is 4.03. The van der Waals surface area contributed by atoms with Gasteiger partial charge in [-0.2, -0.15) is 0 Å². The van der Waals surface area contributed by atoms with E-state index in [9.17, 15) is 4.79 Å². The second kappa shape index (κ2) is 7.44. The third-order valence-electron chi connectivity index (χ3n) is 3.78. The van der Waals surface area contributed by atoms with Crippen molar-refractivity contribution in [3.8, 4) is 0 Å². The number of rotatable bonds is 4. The maximum atomic E-state index is 12.6. The number of anilines is 3. The van der Waals surface area contributed by atoms with Crippen LogP contribution in [0.3, 0.4) is 0 Å². The van der Waals surface area contributed by atoms with E-state index in [1.165, 1.54) is 6.33 Å². The van der Waals surface area contributed by atoms with Crippen LogP contribution in [0.1, 0.15) is 16.1 Å². The normalized spacial score (nSPS) is 10.4. The minimum absolute atomic E-state index is 0.193. The van der Waals surface area contributed by atoms with Crippen LogP contribution in [0.4, 0.5) is 17.2 Å². The molecule has 1 heterocycles. The van der Waals surface area contributed by atoms with Gasteiger partial charge in [-0.1, -0.05) is 40.2 Å². The van der Waals surface area contributed by atoms with Gasteiger partial charge in [-0.3, -0.25) is 4.79 Å². The van der Waals surface area contributed by atoms with E-state index >= 15 is 0 Å². The zero-order valence-electron chi connectivity index (χ0n) is 13.9. The number of halogens is 1. The number of hydrogen-bond donors (Lipinski definition) is 1. The highest BCUT2D eigenvalue weighted by atomic mass is 79.9. The molecule has 0 aliphatic heterocycles. The van der Waals surface area contributed by atoms with Crippen LogP contribution in [0.15, 0.2) is 65.4 Å². The zero-order valence-corrected chi connectivity index (χ0v) is 15.5. The second-order valence-electron chi connectivity index (χ2n) is 5.58. The number of nitrogens with zero attached hydrogens (tertiary/aromatic N) is 3. The number of carbonyl (C=O) groups excluding carboxylic acids is 1. The van der Waals surface area contributed by atoms with Crippen molar-refractivity contribution >= 4 is 39.0 Å². The Morgan fingerprint density at radius 1 is 1.08 bits per heavy atom. The minimum atomic E-state index is -0.193. The molecule has 1 amide bonds. The molecule has 5 nitrogen and oxygen atoms in total. The molecule has 0 bridgehead atoms. The molecule has 0 aliphatic carbocycles. The van der Waals surface area contributed by atoms with Gasteiger partial charge in [0.05, 0.1) is 0 Å². The molecule has 25 heavy (non-hydrogen) atoms. The van der Waals surface area contributed by atoms with Crippen molar-refractivity contribution < 1.29 is 4.79 Å². The molecule has 126 valence electrons. The first-order chi connectivity index (χ1) is 12.0. The first-order valence-electron chi connectivity index (χ1n) is 7.73. The molecule has 0 unspecified atom stereocenters. The number of amides is 1. The van der Waals surface area contributed by atoms with Gasteiger partial charge in [-0.05, 0) is 36.8 Å². The van der Waals surface area contributed by atoms with Crippen LogP contribution in [-0.4, -0.2) is 22.9 Å². The maximum absolute atomic E-state index is 12.6. The van der Waals surface area contributed by atoms with Gasteiger partial charge < -0.3 is 10.2 Å². The van der Waals surface area contributed by atoms with Crippen molar-refractivity contribution in [3.63, 3.8) is 0 Å². The van der Waals surface area contributed by atoms with Crippen LogP contribution >= 0.6 is 15.9 Å². The standard InChI is InChI=1S/C19H17BrN4O/c1-13-8-9-14(10-16(13)20)23-18-11-17(21-12-22-18)19(25)24(2)15-6-4-3-5-7-15/h3-12H,1-2H3,(H,21,22,23). The van der Waals surface area contributed by atoms with E-state index in [1.807, 2.05) is 55.5 Å². The molecule has 1 aromatic heterocycles. The van der Waals surface area contributed by atoms with E-state index in [2.05, 4.69) is 31.2 Å². The molecular weight excluding hydrogens is 380 g/mol. The highest BCUT2D eigenvalue weighted by molar-refractivity contribution is 9.10. The Morgan fingerprint density at radius 2 is 1.84 bits per heavy atom. The van der Waals surface area contributed by atoms with E-state index in [0.29, 0.717) is 11.5 Å². The Hall–Kier alpha value is -2.73. The minimum Gasteiger partial charge on any atom is -0.340 e. The molecule has 0 radical (unpaired) electrons. The first-order valence-corrected chi connectivity index (χ1v) is 8.52. The molecule has 1 N–H and O–H groups in total. The molecule has 0 fully saturated rings. The van der Waals surface area contributed by atoms with Gasteiger partial charge in [-0.25, -0.2) is 9.97 Å². The molecule has 2 aromatic carbocycles. The third-order valence-corrected chi connectivity index (χ3v) is 4.63. The summed E-state index contributed by atoms with van der Waals surface area (Å²) in [5.41, 5.74) is 3.16. The lowest BCUT2D eigenvalue weighted by Crippen LogP contribution is -2.27. The number of carbonyl (C=O) groups is 1. The van der Waals surface area contributed by atoms with Crippen molar-refractivity contribution in [2.45, 2.75) is 6.92 Å². The van der Waals surface area contributed by atoms with Crippen molar-refractivity contribution in [2.24, 2.45) is 0 Å². The summed E-state index contributed by atoms with van der Waals surface area (Å²) in [4.78, 5) is 22.5. The van der Waals surface area contributed by atoms with Crippen LogP contribution < -0.4 is 10.2 Å². The smallest absolute Gasteiger partial charge is 0.276 e. The topological polar surface area (TPSA) is 58.1 Å². The number of nitrogens with one attached hydrogen (secondary N) is 1. The Bertz CT molecular complexity index is 899. The van der Waals surface area contributed by atoms with Crippen molar-refractivity contribution in [1.29, 1.82) is 0 Å². The van der Waals surface area contributed by atoms with Crippen molar-refractivity contribution in [2.75, 3.05) is 17.3 Å². The quantitative estimate of drug-likeness (QED) is 0.701. The fourth-order valence-corrected chi connectivity index (χ4v) is 2.68. The highest BCUT2D eigenvalue weighted by Gasteiger charge is 2.15. The highest BCUT2D eigenvalue weighted by Crippen LogP contribution is 2.23. The molecule has 3 rings (SSSR count). The molecular formula is C19H17BrN4O. The van der Waals surface area contributed by atoms with Crippen LogP contribution in [0.5, 0.6) is 0 Å². The summed E-state index contributed by atoms with van der Waals surface area (Å²) in [7, 11) is 1.73. The Balaban J connectivity index is 1.81. The lowest BCUT2D eigenvalue weighted by atomic mass is 10.2. The predicted molar refractivity (Wildman–Crippen MR) is 103 cm³/mol. The average Bonchev–Trinajstić information content (AvgIpc) is 2.64. The largest absolute Gasteiger partial charge is 0.340 e. The predicted octanol–water partition coefficient (Wildman–Crippen LogP) is 4.57.